The zero-order valence-corrected chi connectivity index (χ0v) is 34.4. The molecule has 0 atom stereocenters. The number of para-hydroxylation sites is 5. The van der Waals surface area contributed by atoms with Gasteiger partial charge < -0.3 is 13.9 Å². The summed E-state index contributed by atoms with van der Waals surface area (Å²) >= 11 is 0. The Balaban J connectivity index is 0.956. The van der Waals surface area contributed by atoms with Crippen LogP contribution in [0.4, 0.5) is 17.1 Å². The van der Waals surface area contributed by atoms with Crippen LogP contribution in [-0.2, 0) is 0 Å². The third-order valence-electron chi connectivity index (χ3n) is 12.4. The summed E-state index contributed by atoms with van der Waals surface area (Å²) in [4.78, 5) is 2.38. The maximum atomic E-state index is 6.29. The fourth-order valence-electron chi connectivity index (χ4n) is 9.43. The molecule has 3 nitrogen and oxygen atoms in total. The van der Waals surface area contributed by atoms with Gasteiger partial charge in [0.1, 0.15) is 11.2 Å². The molecule has 0 unspecified atom stereocenters. The maximum Gasteiger partial charge on any atom is 0.135 e. The van der Waals surface area contributed by atoms with Crippen LogP contribution < -0.4 is 4.90 Å². The van der Waals surface area contributed by atoms with E-state index >= 15 is 0 Å². The topological polar surface area (TPSA) is 21.3 Å². The van der Waals surface area contributed by atoms with E-state index in [2.05, 4.69) is 240 Å². The van der Waals surface area contributed by atoms with Crippen molar-refractivity contribution in [1.82, 2.24) is 4.57 Å². The molecule has 0 aliphatic carbocycles. The molecule has 0 N–H and O–H groups in total. The Kier molecular flexibility index (Phi) is 8.83. The Morgan fingerprint density at radius 2 is 0.825 bits per heavy atom. The molecule has 2 aromatic heterocycles. The van der Waals surface area contributed by atoms with Gasteiger partial charge >= 0.3 is 0 Å². The minimum atomic E-state index is 0.875. The SMILES string of the molecule is c1ccc(-c2ccc(-c3ccccc3N(c3ccc(-c4cccc(-c5ccccc5-n5c6ccccc6c6ccccc65)c4)cc3)c3ccc4oc5ccccc5c4c3)cc2)cc1. The highest BCUT2D eigenvalue weighted by Gasteiger charge is 2.20. The molecule has 0 aliphatic heterocycles. The molecule has 0 spiro atoms. The molecule has 12 aromatic rings. The number of rotatable bonds is 8. The van der Waals surface area contributed by atoms with Crippen molar-refractivity contribution in [2.24, 2.45) is 0 Å². The Labute approximate surface area is 366 Å². The van der Waals surface area contributed by atoms with Crippen molar-refractivity contribution in [3.8, 4) is 50.2 Å². The molecule has 0 aliphatic rings. The number of hydrogen-bond acceptors (Lipinski definition) is 2. The molecular weight excluding hydrogens is 765 g/mol. The predicted molar refractivity (Wildman–Crippen MR) is 264 cm³/mol. The van der Waals surface area contributed by atoms with E-state index in [0.29, 0.717) is 0 Å². The average molecular weight is 805 g/mol. The second-order valence-corrected chi connectivity index (χ2v) is 16.1. The Morgan fingerprint density at radius 3 is 1.60 bits per heavy atom. The first-order valence-electron chi connectivity index (χ1n) is 21.5. The van der Waals surface area contributed by atoms with Gasteiger partial charge in [0.25, 0.3) is 0 Å². The van der Waals surface area contributed by atoms with Crippen LogP contribution >= 0.6 is 0 Å². The van der Waals surface area contributed by atoms with Crippen molar-refractivity contribution in [3.05, 3.63) is 243 Å². The first-order chi connectivity index (χ1) is 31.2. The van der Waals surface area contributed by atoms with Gasteiger partial charge in [-0.15, -0.1) is 0 Å². The summed E-state index contributed by atoms with van der Waals surface area (Å²) in [5.74, 6) is 0. The lowest BCUT2D eigenvalue weighted by atomic mass is 9.97. The second-order valence-electron chi connectivity index (χ2n) is 16.1. The fraction of sp³-hybridized carbons (Fsp3) is 0. The molecule has 3 heteroatoms. The van der Waals surface area contributed by atoms with Gasteiger partial charge in [0.2, 0.25) is 0 Å². The third kappa shape index (κ3) is 6.38. The number of hydrogen-bond donors (Lipinski definition) is 0. The molecular formula is C60H40N2O. The highest BCUT2D eigenvalue weighted by atomic mass is 16.3. The lowest BCUT2D eigenvalue weighted by Crippen LogP contribution is -2.11. The number of nitrogens with zero attached hydrogens (tertiary/aromatic N) is 2. The van der Waals surface area contributed by atoms with Gasteiger partial charge in [-0.2, -0.15) is 0 Å². The van der Waals surface area contributed by atoms with Crippen molar-refractivity contribution in [2.45, 2.75) is 0 Å². The van der Waals surface area contributed by atoms with Gasteiger partial charge in [-0.3, -0.25) is 0 Å². The van der Waals surface area contributed by atoms with Crippen LogP contribution in [0.2, 0.25) is 0 Å². The van der Waals surface area contributed by atoms with Gasteiger partial charge in [0.05, 0.1) is 22.4 Å². The molecule has 12 rings (SSSR count). The average Bonchev–Trinajstić information content (AvgIpc) is 3.90. The van der Waals surface area contributed by atoms with Gasteiger partial charge in [-0.1, -0.05) is 176 Å². The van der Waals surface area contributed by atoms with Crippen LogP contribution in [0.25, 0.3) is 93.9 Å². The molecule has 0 bridgehead atoms. The summed E-state index contributed by atoms with van der Waals surface area (Å²) in [7, 11) is 0. The zero-order valence-electron chi connectivity index (χ0n) is 34.4. The fourth-order valence-corrected chi connectivity index (χ4v) is 9.43. The van der Waals surface area contributed by atoms with E-state index in [1.165, 1.54) is 44.1 Å². The normalized spacial score (nSPS) is 11.5. The van der Waals surface area contributed by atoms with E-state index in [1.54, 1.807) is 0 Å². The van der Waals surface area contributed by atoms with Gasteiger partial charge in [-0.25, -0.2) is 0 Å². The molecule has 296 valence electrons. The predicted octanol–water partition coefficient (Wildman–Crippen LogP) is 16.8. The first kappa shape index (κ1) is 36.5. The summed E-state index contributed by atoms with van der Waals surface area (Å²) < 4.78 is 8.70. The zero-order chi connectivity index (χ0) is 41.7. The van der Waals surface area contributed by atoms with Crippen molar-refractivity contribution in [2.75, 3.05) is 4.90 Å². The first-order valence-corrected chi connectivity index (χ1v) is 21.5. The van der Waals surface area contributed by atoms with E-state index in [9.17, 15) is 0 Å². The molecule has 63 heavy (non-hydrogen) atoms. The van der Waals surface area contributed by atoms with E-state index in [4.69, 9.17) is 4.42 Å². The quantitative estimate of drug-likeness (QED) is 0.153. The van der Waals surface area contributed by atoms with Gasteiger partial charge in [0.15, 0.2) is 0 Å². The standard InChI is InChI=1S/C60H40N2O/c1-2-15-41(16-3-1)42-29-31-44(32-30-42)49-19-4-9-24-55(49)61(48-37-38-60-54(40-48)53-23-8-13-28-59(53)63-60)47-35-33-43(34-36-47)45-17-14-18-46(39-45)50-20-5-10-25-56(50)62-57-26-11-6-21-51(57)52-22-7-12-27-58(52)62/h1-40H. The molecule has 0 saturated heterocycles. The second kappa shape index (κ2) is 15.3. The maximum absolute atomic E-state index is 6.29. The molecule has 0 fully saturated rings. The van der Waals surface area contributed by atoms with E-state index in [1.807, 2.05) is 12.1 Å². The molecule has 10 aromatic carbocycles. The summed E-state index contributed by atoms with van der Waals surface area (Å²) in [5.41, 5.74) is 17.9. The number of furan rings is 1. The van der Waals surface area contributed by atoms with E-state index in [0.717, 1.165) is 66.9 Å². The Bertz CT molecular complexity index is 3560. The van der Waals surface area contributed by atoms with E-state index < -0.39 is 0 Å². The monoisotopic (exact) mass is 804 g/mol. The number of fused-ring (bicyclic) bond motifs is 6. The number of anilines is 3. The van der Waals surface area contributed by atoms with Crippen molar-refractivity contribution >= 4 is 60.8 Å². The van der Waals surface area contributed by atoms with Gasteiger partial charge in [-0.05, 0) is 100 Å². The molecule has 2 heterocycles. The minimum Gasteiger partial charge on any atom is -0.456 e. The number of aromatic nitrogens is 1. The lowest BCUT2D eigenvalue weighted by molar-refractivity contribution is 0.669. The van der Waals surface area contributed by atoms with Crippen LogP contribution in [-0.4, -0.2) is 4.57 Å². The molecule has 0 saturated carbocycles. The Hall–Kier alpha value is -8.40. The highest BCUT2D eigenvalue weighted by molar-refractivity contribution is 6.10. The summed E-state index contributed by atoms with van der Waals surface area (Å²) in [6.07, 6.45) is 0. The van der Waals surface area contributed by atoms with Crippen LogP contribution in [0.3, 0.4) is 0 Å². The van der Waals surface area contributed by atoms with Gasteiger partial charge in [0, 0.05) is 44.0 Å². The number of benzene rings is 10. The molecule has 0 amide bonds. The van der Waals surface area contributed by atoms with Crippen molar-refractivity contribution in [3.63, 3.8) is 0 Å². The molecule has 0 radical (unpaired) electrons. The summed E-state index contributed by atoms with van der Waals surface area (Å²) in [5, 5.41) is 4.71. The van der Waals surface area contributed by atoms with Crippen LogP contribution in [0.1, 0.15) is 0 Å². The van der Waals surface area contributed by atoms with Crippen LogP contribution in [0, 0.1) is 0 Å². The Morgan fingerprint density at radius 1 is 0.302 bits per heavy atom. The largest absolute Gasteiger partial charge is 0.456 e. The van der Waals surface area contributed by atoms with Crippen molar-refractivity contribution in [1.29, 1.82) is 0 Å². The highest BCUT2D eigenvalue weighted by Crippen LogP contribution is 2.44. The minimum absolute atomic E-state index is 0.875. The van der Waals surface area contributed by atoms with Crippen LogP contribution in [0.15, 0.2) is 247 Å². The summed E-state index contributed by atoms with van der Waals surface area (Å²) in [6.45, 7) is 0. The van der Waals surface area contributed by atoms with E-state index in [-0.39, 0.29) is 0 Å². The third-order valence-corrected chi connectivity index (χ3v) is 12.4. The lowest BCUT2D eigenvalue weighted by Gasteiger charge is -2.28. The summed E-state index contributed by atoms with van der Waals surface area (Å²) in [6, 6.07) is 87.1. The van der Waals surface area contributed by atoms with Crippen molar-refractivity contribution < 1.29 is 4.42 Å². The van der Waals surface area contributed by atoms with Crippen LogP contribution in [0.5, 0.6) is 0 Å². The smallest absolute Gasteiger partial charge is 0.135 e.